The molecule has 0 bridgehead atoms. The summed E-state index contributed by atoms with van der Waals surface area (Å²) < 4.78 is 11.7. The molecule has 0 aliphatic heterocycles. The molecule has 2 nitrogen and oxygen atoms in total. The molecule has 0 spiro atoms. The Morgan fingerprint density at radius 1 is 0.964 bits per heavy atom. The van der Waals surface area contributed by atoms with Gasteiger partial charge >= 0.3 is 0 Å². The topological polar surface area (TPSA) is 18.5 Å². The Morgan fingerprint density at radius 3 is 2.11 bits per heavy atom. The van der Waals surface area contributed by atoms with Gasteiger partial charge in [0.05, 0.1) is 12.2 Å². The summed E-state index contributed by atoms with van der Waals surface area (Å²) in [5.74, 6) is 0. The van der Waals surface area contributed by atoms with Crippen LogP contribution in [0.3, 0.4) is 0 Å². The first kappa shape index (κ1) is 24.7. The maximum absolute atomic E-state index is 5.83. The van der Waals surface area contributed by atoms with Crippen LogP contribution in [0.4, 0.5) is 0 Å². The third-order valence-corrected chi connectivity index (χ3v) is 4.99. The second kappa shape index (κ2) is 11.6. The normalized spacial score (nSPS) is 19.3. The zero-order valence-corrected chi connectivity index (χ0v) is 19.6. The van der Waals surface area contributed by atoms with Gasteiger partial charge in [-0.1, -0.05) is 60.9 Å². The van der Waals surface area contributed by atoms with E-state index in [9.17, 15) is 0 Å². The molecule has 1 aliphatic carbocycles. The molecular weight excluding hydrogens is 344 g/mol. The molecule has 0 radical (unpaired) electrons. The third kappa shape index (κ3) is 9.21. The van der Waals surface area contributed by atoms with Gasteiger partial charge in [-0.25, -0.2) is 0 Å². The highest BCUT2D eigenvalue weighted by atomic mass is 16.7. The quantitative estimate of drug-likeness (QED) is 0.298. The lowest BCUT2D eigenvalue weighted by atomic mass is 9.72. The van der Waals surface area contributed by atoms with Crippen LogP contribution in [0.5, 0.6) is 0 Å². The average molecular weight is 387 g/mol. The zero-order valence-electron chi connectivity index (χ0n) is 19.6. The molecule has 0 saturated carbocycles. The van der Waals surface area contributed by atoms with Crippen LogP contribution in [0.25, 0.3) is 0 Å². The Hall–Kier alpha value is -1.38. The Balaban J connectivity index is 2.78. The molecule has 0 amide bonds. The van der Waals surface area contributed by atoms with Gasteiger partial charge in [0.1, 0.15) is 0 Å². The summed E-state index contributed by atoms with van der Waals surface area (Å²) in [6.45, 7) is 19.3. The lowest BCUT2D eigenvalue weighted by molar-refractivity contribution is -0.152. The zero-order chi connectivity index (χ0) is 21.3. The van der Waals surface area contributed by atoms with Crippen molar-refractivity contribution in [2.24, 2.45) is 5.41 Å². The number of rotatable bonds is 9. The first-order valence-corrected chi connectivity index (χ1v) is 10.7. The predicted octanol–water partition coefficient (Wildman–Crippen LogP) is 7.69. The molecule has 0 unspecified atom stereocenters. The molecule has 0 fully saturated rings. The van der Waals surface area contributed by atoms with Crippen LogP contribution in [0.1, 0.15) is 81.6 Å². The predicted molar refractivity (Wildman–Crippen MR) is 122 cm³/mol. The van der Waals surface area contributed by atoms with Gasteiger partial charge in [-0.2, -0.15) is 0 Å². The van der Waals surface area contributed by atoms with Gasteiger partial charge in [-0.15, -0.1) is 0 Å². The first-order chi connectivity index (χ1) is 13.0. The summed E-state index contributed by atoms with van der Waals surface area (Å²) in [7, 11) is 0. The van der Waals surface area contributed by atoms with E-state index in [-0.39, 0.29) is 23.9 Å². The van der Waals surface area contributed by atoms with Gasteiger partial charge in [0.15, 0.2) is 6.29 Å². The van der Waals surface area contributed by atoms with Crippen LogP contribution in [-0.2, 0) is 9.47 Å². The van der Waals surface area contributed by atoms with Crippen molar-refractivity contribution in [2.45, 2.75) is 100 Å². The molecule has 0 aromatic rings. The molecule has 0 aromatic heterocycles. The van der Waals surface area contributed by atoms with Gasteiger partial charge in [0, 0.05) is 0 Å². The fraction of sp³-hybridized carbons (Fsp3) is 0.615. The van der Waals surface area contributed by atoms with E-state index in [4.69, 9.17) is 9.47 Å². The van der Waals surface area contributed by atoms with E-state index in [0.29, 0.717) is 0 Å². The van der Waals surface area contributed by atoms with Crippen LogP contribution in [0.2, 0.25) is 0 Å². The molecule has 1 rings (SSSR count). The van der Waals surface area contributed by atoms with E-state index in [1.54, 1.807) is 0 Å². The highest BCUT2D eigenvalue weighted by Crippen LogP contribution is 2.40. The second-order valence-corrected chi connectivity index (χ2v) is 9.18. The summed E-state index contributed by atoms with van der Waals surface area (Å²) in [5, 5.41) is 0. The summed E-state index contributed by atoms with van der Waals surface area (Å²) in [6, 6.07) is 0. The van der Waals surface area contributed by atoms with E-state index >= 15 is 0 Å². The SMILES string of the molecule is CC1=C(/C=C/C(C)=C\C=C\C(C)=C/C(OC(C)C)OC(C)C)C(C)(C)CCC1. The number of hydrogen-bond acceptors (Lipinski definition) is 2. The van der Waals surface area contributed by atoms with Crippen molar-refractivity contribution in [1.82, 2.24) is 0 Å². The summed E-state index contributed by atoms with van der Waals surface area (Å²) in [4.78, 5) is 0. The molecule has 158 valence electrons. The van der Waals surface area contributed by atoms with E-state index in [0.717, 1.165) is 5.57 Å². The molecule has 28 heavy (non-hydrogen) atoms. The van der Waals surface area contributed by atoms with E-state index < -0.39 is 0 Å². The lowest BCUT2D eigenvalue weighted by Crippen LogP contribution is -2.22. The van der Waals surface area contributed by atoms with Gasteiger partial charge in [-0.3, -0.25) is 0 Å². The minimum atomic E-state index is -0.307. The van der Waals surface area contributed by atoms with Crippen LogP contribution < -0.4 is 0 Å². The molecule has 0 N–H and O–H groups in total. The highest BCUT2D eigenvalue weighted by molar-refractivity contribution is 5.37. The van der Waals surface area contributed by atoms with Crippen molar-refractivity contribution in [1.29, 1.82) is 0 Å². The summed E-state index contributed by atoms with van der Waals surface area (Å²) >= 11 is 0. The van der Waals surface area contributed by atoms with Crippen LogP contribution in [0.15, 0.2) is 58.7 Å². The van der Waals surface area contributed by atoms with Gasteiger partial charge in [0.2, 0.25) is 0 Å². The Kier molecular flexibility index (Phi) is 10.2. The highest BCUT2D eigenvalue weighted by Gasteiger charge is 2.26. The number of hydrogen-bond donors (Lipinski definition) is 0. The smallest absolute Gasteiger partial charge is 0.177 e. The fourth-order valence-electron chi connectivity index (χ4n) is 3.55. The van der Waals surface area contributed by atoms with Crippen molar-refractivity contribution in [3.05, 3.63) is 58.7 Å². The second-order valence-electron chi connectivity index (χ2n) is 9.18. The monoisotopic (exact) mass is 386 g/mol. The maximum Gasteiger partial charge on any atom is 0.177 e. The minimum Gasteiger partial charge on any atom is -0.346 e. The average Bonchev–Trinajstić information content (AvgIpc) is 2.52. The largest absolute Gasteiger partial charge is 0.346 e. The van der Waals surface area contributed by atoms with Crippen LogP contribution in [-0.4, -0.2) is 18.5 Å². The molecule has 0 heterocycles. The molecular formula is C26H42O2. The number of ether oxygens (including phenoxy) is 2. The maximum atomic E-state index is 5.83. The van der Waals surface area contributed by atoms with E-state index in [2.05, 4.69) is 65.0 Å². The van der Waals surface area contributed by atoms with Crippen molar-refractivity contribution < 1.29 is 9.47 Å². The standard InChI is InChI=1S/C26H42O2/c1-19(2)27-25(28-20(3)4)18-22(6)13-10-12-21(5)15-16-24-23(7)14-11-17-26(24,8)9/h10,12-13,15-16,18-20,25H,11,14,17H2,1-9H3/b13-10+,16-15+,21-12-,22-18-. The van der Waals surface area contributed by atoms with E-state index in [1.165, 1.54) is 36.0 Å². The summed E-state index contributed by atoms with van der Waals surface area (Å²) in [5.41, 5.74) is 5.71. The molecule has 0 atom stereocenters. The van der Waals surface area contributed by atoms with Crippen molar-refractivity contribution in [2.75, 3.05) is 0 Å². The molecule has 0 aromatic carbocycles. The first-order valence-electron chi connectivity index (χ1n) is 10.7. The van der Waals surface area contributed by atoms with Gasteiger partial charge in [-0.05, 0) is 84.8 Å². The van der Waals surface area contributed by atoms with Gasteiger partial charge < -0.3 is 9.47 Å². The Labute approximate surface area is 174 Å². The third-order valence-electron chi connectivity index (χ3n) is 4.99. The Morgan fingerprint density at radius 2 is 1.57 bits per heavy atom. The number of allylic oxidation sites excluding steroid dienone is 9. The fourth-order valence-corrected chi connectivity index (χ4v) is 3.55. The summed E-state index contributed by atoms with van der Waals surface area (Å²) in [6.07, 6.45) is 16.7. The van der Waals surface area contributed by atoms with Crippen molar-refractivity contribution >= 4 is 0 Å². The van der Waals surface area contributed by atoms with Gasteiger partial charge in [0.25, 0.3) is 0 Å². The van der Waals surface area contributed by atoms with Crippen LogP contribution in [0, 0.1) is 5.41 Å². The Bertz CT molecular complexity index is 629. The lowest BCUT2D eigenvalue weighted by Gasteiger charge is -2.32. The van der Waals surface area contributed by atoms with E-state index in [1.807, 2.05) is 33.8 Å². The molecule has 1 aliphatic rings. The van der Waals surface area contributed by atoms with Crippen LogP contribution >= 0.6 is 0 Å². The molecule has 2 heteroatoms. The van der Waals surface area contributed by atoms with Crippen molar-refractivity contribution in [3.63, 3.8) is 0 Å². The minimum absolute atomic E-state index is 0.130. The van der Waals surface area contributed by atoms with Crippen molar-refractivity contribution in [3.8, 4) is 0 Å². The molecule has 0 saturated heterocycles.